The lowest BCUT2D eigenvalue weighted by atomic mass is 10.2. The molecule has 1 N–H and O–H groups in total. The molecule has 0 radical (unpaired) electrons. The van der Waals surface area contributed by atoms with Crippen molar-refractivity contribution in [1.29, 1.82) is 0 Å². The molecule has 1 aromatic heterocycles. The summed E-state index contributed by atoms with van der Waals surface area (Å²) in [7, 11) is 1.38. The fourth-order valence-corrected chi connectivity index (χ4v) is 2.22. The van der Waals surface area contributed by atoms with Gasteiger partial charge in [0.2, 0.25) is 0 Å². The first-order valence-corrected chi connectivity index (χ1v) is 6.10. The summed E-state index contributed by atoms with van der Waals surface area (Å²) in [6.07, 6.45) is 0.450. The summed E-state index contributed by atoms with van der Waals surface area (Å²) in [6.45, 7) is 0.584. The zero-order chi connectivity index (χ0) is 13.2. The largest absolute Gasteiger partial charge is 0.470 e. The van der Waals surface area contributed by atoms with E-state index >= 15 is 0 Å². The first kappa shape index (κ1) is 14.6. The third-order valence-corrected chi connectivity index (χ3v) is 3.20. The van der Waals surface area contributed by atoms with Crippen molar-refractivity contribution in [2.75, 3.05) is 13.7 Å². The standard InChI is InChI=1S/C13H14N2O4.ClH/c1-17-13(16)10-6-8(7-14-10)18-12-9-4-2-3-5-11(9)19-15-12;/h2-5,8,10,14H,6-7H2,1H3;1H. The van der Waals surface area contributed by atoms with Crippen molar-refractivity contribution in [1.82, 2.24) is 10.5 Å². The highest BCUT2D eigenvalue weighted by Gasteiger charge is 2.32. The van der Waals surface area contributed by atoms with Crippen molar-refractivity contribution in [3.63, 3.8) is 0 Å². The molecular weight excluding hydrogens is 284 g/mol. The highest BCUT2D eigenvalue weighted by Crippen LogP contribution is 2.26. The molecule has 0 saturated carbocycles. The summed E-state index contributed by atoms with van der Waals surface area (Å²) < 4.78 is 15.6. The molecule has 0 aliphatic carbocycles. The van der Waals surface area contributed by atoms with E-state index < -0.39 is 0 Å². The van der Waals surface area contributed by atoms with Crippen molar-refractivity contribution in [2.45, 2.75) is 18.6 Å². The number of halogens is 1. The van der Waals surface area contributed by atoms with Crippen LogP contribution >= 0.6 is 12.4 Å². The molecule has 3 rings (SSSR count). The first-order chi connectivity index (χ1) is 9.28. The minimum Gasteiger partial charge on any atom is -0.470 e. The number of carbonyl (C=O) groups is 1. The van der Waals surface area contributed by atoms with Crippen LogP contribution in [-0.4, -0.2) is 36.9 Å². The van der Waals surface area contributed by atoms with E-state index in [2.05, 4.69) is 10.5 Å². The number of aromatic nitrogens is 1. The van der Waals surface area contributed by atoms with E-state index in [0.717, 1.165) is 5.39 Å². The average Bonchev–Trinajstić information content (AvgIpc) is 3.06. The van der Waals surface area contributed by atoms with Gasteiger partial charge in [-0.2, -0.15) is 0 Å². The number of rotatable bonds is 3. The molecule has 1 aliphatic rings. The maximum atomic E-state index is 11.4. The molecule has 2 aromatic rings. The van der Waals surface area contributed by atoms with Gasteiger partial charge in [-0.1, -0.05) is 12.1 Å². The van der Waals surface area contributed by atoms with Gasteiger partial charge in [-0.25, -0.2) is 0 Å². The minimum absolute atomic E-state index is 0. The van der Waals surface area contributed by atoms with E-state index in [4.69, 9.17) is 14.0 Å². The van der Waals surface area contributed by atoms with Crippen molar-refractivity contribution in [3.05, 3.63) is 24.3 Å². The average molecular weight is 299 g/mol. The molecule has 0 spiro atoms. The molecule has 1 aliphatic heterocycles. The molecule has 2 atom stereocenters. The van der Waals surface area contributed by atoms with Crippen molar-refractivity contribution in [2.24, 2.45) is 0 Å². The third-order valence-electron chi connectivity index (χ3n) is 3.20. The number of esters is 1. The van der Waals surface area contributed by atoms with Crippen molar-refractivity contribution in [3.8, 4) is 5.88 Å². The molecule has 1 fully saturated rings. The zero-order valence-corrected chi connectivity index (χ0v) is 11.7. The number of nitrogens with zero attached hydrogens (tertiary/aromatic N) is 1. The Balaban J connectivity index is 0.00000147. The number of nitrogens with one attached hydrogen (secondary N) is 1. The molecule has 7 heteroatoms. The molecule has 2 unspecified atom stereocenters. The molecule has 6 nitrogen and oxygen atoms in total. The normalized spacial score (nSPS) is 21.4. The van der Waals surface area contributed by atoms with E-state index in [0.29, 0.717) is 24.4 Å². The van der Waals surface area contributed by atoms with Crippen LogP contribution in [0.25, 0.3) is 11.0 Å². The fourth-order valence-electron chi connectivity index (χ4n) is 2.22. The second kappa shape index (κ2) is 6.11. The molecule has 108 valence electrons. The Kier molecular flexibility index (Phi) is 4.46. The predicted molar refractivity (Wildman–Crippen MR) is 74.1 cm³/mol. The number of hydrogen-bond donors (Lipinski definition) is 1. The highest BCUT2D eigenvalue weighted by molar-refractivity contribution is 5.85. The lowest BCUT2D eigenvalue weighted by molar-refractivity contribution is -0.142. The fraction of sp³-hybridized carbons (Fsp3) is 0.385. The van der Waals surface area contributed by atoms with Crippen LogP contribution in [0.1, 0.15) is 6.42 Å². The van der Waals surface area contributed by atoms with Gasteiger partial charge in [0, 0.05) is 13.0 Å². The zero-order valence-electron chi connectivity index (χ0n) is 10.9. The number of para-hydroxylation sites is 1. The minimum atomic E-state index is -0.312. The summed E-state index contributed by atoms with van der Waals surface area (Å²) in [4.78, 5) is 11.4. The molecule has 20 heavy (non-hydrogen) atoms. The Hall–Kier alpha value is -1.79. The van der Waals surface area contributed by atoms with E-state index in [1.165, 1.54) is 7.11 Å². The van der Waals surface area contributed by atoms with Gasteiger partial charge in [0.05, 0.1) is 12.5 Å². The van der Waals surface area contributed by atoms with Gasteiger partial charge in [-0.05, 0) is 17.3 Å². The topological polar surface area (TPSA) is 73.6 Å². The van der Waals surface area contributed by atoms with Crippen LogP contribution in [0.5, 0.6) is 5.88 Å². The molecular formula is C13H15ClN2O4. The summed E-state index contributed by atoms with van der Waals surface area (Å²) in [5, 5.41) is 7.80. The SMILES string of the molecule is COC(=O)C1CC(Oc2noc3ccccc23)CN1.Cl. The maximum Gasteiger partial charge on any atom is 0.323 e. The third kappa shape index (κ3) is 2.71. The Bertz CT molecular complexity index is 601. The maximum absolute atomic E-state index is 11.4. The molecule has 0 bridgehead atoms. The summed E-state index contributed by atoms with van der Waals surface area (Å²) in [5.41, 5.74) is 0.688. The van der Waals surface area contributed by atoms with Crippen molar-refractivity contribution >= 4 is 29.3 Å². The van der Waals surface area contributed by atoms with Gasteiger partial charge in [0.1, 0.15) is 12.1 Å². The molecule has 1 aromatic carbocycles. The van der Waals surface area contributed by atoms with Crippen LogP contribution in [0.2, 0.25) is 0 Å². The predicted octanol–water partition coefficient (Wildman–Crippen LogP) is 1.53. The van der Waals surface area contributed by atoms with Crippen LogP contribution in [0.4, 0.5) is 0 Å². The first-order valence-electron chi connectivity index (χ1n) is 6.10. The van der Waals surface area contributed by atoms with Crippen LogP contribution in [0.3, 0.4) is 0 Å². The molecule has 2 heterocycles. The van der Waals surface area contributed by atoms with Crippen LogP contribution in [0.15, 0.2) is 28.8 Å². The number of methoxy groups -OCH3 is 1. The Morgan fingerprint density at radius 3 is 3.05 bits per heavy atom. The van der Waals surface area contributed by atoms with Crippen molar-refractivity contribution < 1.29 is 18.8 Å². The van der Waals surface area contributed by atoms with Crippen LogP contribution < -0.4 is 10.1 Å². The van der Waals surface area contributed by atoms with Gasteiger partial charge in [0.15, 0.2) is 5.58 Å². The Morgan fingerprint density at radius 2 is 2.25 bits per heavy atom. The smallest absolute Gasteiger partial charge is 0.323 e. The Morgan fingerprint density at radius 1 is 1.45 bits per heavy atom. The van der Waals surface area contributed by atoms with E-state index in [9.17, 15) is 4.79 Å². The summed E-state index contributed by atoms with van der Waals surface area (Å²) in [5.74, 6) is 0.198. The second-order valence-electron chi connectivity index (χ2n) is 4.44. The molecule has 0 amide bonds. The van der Waals surface area contributed by atoms with Gasteiger partial charge in [-0.3, -0.25) is 4.79 Å². The van der Waals surface area contributed by atoms with Gasteiger partial charge < -0.3 is 19.3 Å². The molecule has 1 saturated heterocycles. The van der Waals surface area contributed by atoms with E-state index in [-0.39, 0.29) is 30.5 Å². The number of hydrogen-bond acceptors (Lipinski definition) is 6. The van der Waals surface area contributed by atoms with Gasteiger partial charge in [0.25, 0.3) is 5.88 Å². The van der Waals surface area contributed by atoms with Gasteiger partial charge in [-0.15, -0.1) is 12.4 Å². The second-order valence-corrected chi connectivity index (χ2v) is 4.44. The Labute approximate surface area is 121 Å². The number of benzene rings is 1. The monoisotopic (exact) mass is 298 g/mol. The highest BCUT2D eigenvalue weighted by atomic mass is 35.5. The summed E-state index contributed by atoms with van der Waals surface area (Å²) in [6, 6.07) is 7.19. The number of carbonyl (C=O) groups excluding carboxylic acids is 1. The number of ether oxygens (including phenoxy) is 2. The lowest BCUT2D eigenvalue weighted by Crippen LogP contribution is -2.31. The van der Waals surface area contributed by atoms with E-state index in [1.807, 2.05) is 24.3 Å². The van der Waals surface area contributed by atoms with Gasteiger partial charge >= 0.3 is 5.97 Å². The summed E-state index contributed by atoms with van der Waals surface area (Å²) >= 11 is 0. The van der Waals surface area contributed by atoms with Crippen LogP contribution in [-0.2, 0) is 9.53 Å². The van der Waals surface area contributed by atoms with E-state index in [1.54, 1.807) is 0 Å². The lowest BCUT2D eigenvalue weighted by Gasteiger charge is -2.09. The number of fused-ring (bicyclic) bond motifs is 1. The van der Waals surface area contributed by atoms with Crippen LogP contribution in [0, 0.1) is 0 Å². The quantitative estimate of drug-likeness (QED) is 0.866.